The smallest absolute Gasteiger partial charge is 0.0273 e. The summed E-state index contributed by atoms with van der Waals surface area (Å²) in [5, 5.41) is 3.52. The number of aromatic nitrogens is 1. The summed E-state index contributed by atoms with van der Waals surface area (Å²) in [7, 11) is 0. The number of pyridine rings is 1. The van der Waals surface area contributed by atoms with Crippen LogP contribution in [-0.2, 0) is 6.42 Å². The lowest BCUT2D eigenvalue weighted by Crippen LogP contribution is -2.28. The molecule has 0 radical (unpaired) electrons. The van der Waals surface area contributed by atoms with Crippen molar-refractivity contribution < 1.29 is 0 Å². The van der Waals surface area contributed by atoms with Gasteiger partial charge in [-0.05, 0) is 55.1 Å². The first kappa shape index (κ1) is 13.8. The highest BCUT2D eigenvalue weighted by molar-refractivity contribution is 5.62. The summed E-state index contributed by atoms with van der Waals surface area (Å²) in [5.41, 5.74) is 3.85. The van der Waals surface area contributed by atoms with Gasteiger partial charge < -0.3 is 5.32 Å². The highest BCUT2D eigenvalue weighted by Gasteiger charge is 2.03. The van der Waals surface area contributed by atoms with Crippen LogP contribution in [0.5, 0.6) is 0 Å². The molecule has 1 unspecified atom stereocenters. The summed E-state index contributed by atoms with van der Waals surface area (Å²) >= 11 is 0. The molecule has 0 aliphatic carbocycles. The molecule has 2 heteroatoms. The van der Waals surface area contributed by atoms with E-state index in [2.05, 4.69) is 48.4 Å². The molecule has 100 valence electrons. The molecule has 0 aliphatic heterocycles. The van der Waals surface area contributed by atoms with Crippen LogP contribution in [0.25, 0.3) is 11.1 Å². The van der Waals surface area contributed by atoms with Crippen LogP contribution in [0.2, 0.25) is 0 Å². The Kier molecular flexibility index (Phi) is 5.10. The van der Waals surface area contributed by atoms with Crippen molar-refractivity contribution in [1.29, 1.82) is 0 Å². The van der Waals surface area contributed by atoms with Gasteiger partial charge >= 0.3 is 0 Å². The standard InChI is InChI=1S/C17H22N2/c1-3-10-19-14(2)13-15-4-6-16(7-5-15)17-8-11-18-12-9-17/h4-9,11-12,14,19H,3,10,13H2,1-2H3. The molecular formula is C17H22N2. The molecule has 2 rings (SSSR count). The van der Waals surface area contributed by atoms with Gasteiger partial charge in [0.25, 0.3) is 0 Å². The SMILES string of the molecule is CCCNC(C)Cc1ccc(-c2ccncc2)cc1. The van der Waals surface area contributed by atoms with Crippen molar-refractivity contribution in [1.82, 2.24) is 10.3 Å². The predicted octanol–water partition coefficient (Wildman–Crippen LogP) is 3.68. The average molecular weight is 254 g/mol. The molecule has 1 heterocycles. The van der Waals surface area contributed by atoms with E-state index in [1.54, 1.807) is 0 Å². The zero-order chi connectivity index (χ0) is 13.5. The second kappa shape index (κ2) is 7.05. The Morgan fingerprint density at radius 3 is 2.26 bits per heavy atom. The fourth-order valence-electron chi connectivity index (χ4n) is 2.19. The molecule has 1 atom stereocenters. The Balaban J connectivity index is 1.99. The maximum Gasteiger partial charge on any atom is 0.0273 e. The third-order valence-electron chi connectivity index (χ3n) is 3.25. The number of nitrogens with one attached hydrogen (secondary N) is 1. The minimum Gasteiger partial charge on any atom is -0.314 e. The van der Waals surface area contributed by atoms with Crippen molar-refractivity contribution in [2.24, 2.45) is 0 Å². The van der Waals surface area contributed by atoms with Crippen molar-refractivity contribution in [2.45, 2.75) is 32.7 Å². The van der Waals surface area contributed by atoms with Crippen LogP contribution >= 0.6 is 0 Å². The summed E-state index contributed by atoms with van der Waals surface area (Å²) in [4.78, 5) is 4.05. The van der Waals surface area contributed by atoms with Crippen LogP contribution in [0.1, 0.15) is 25.8 Å². The van der Waals surface area contributed by atoms with Gasteiger partial charge in [0.1, 0.15) is 0 Å². The predicted molar refractivity (Wildman–Crippen MR) is 81.1 cm³/mol. The van der Waals surface area contributed by atoms with Gasteiger partial charge in [0.05, 0.1) is 0 Å². The molecule has 1 N–H and O–H groups in total. The highest BCUT2D eigenvalue weighted by Crippen LogP contribution is 2.19. The van der Waals surface area contributed by atoms with E-state index in [4.69, 9.17) is 0 Å². The maximum absolute atomic E-state index is 4.05. The Morgan fingerprint density at radius 1 is 1.00 bits per heavy atom. The van der Waals surface area contributed by atoms with E-state index in [0.29, 0.717) is 6.04 Å². The zero-order valence-corrected chi connectivity index (χ0v) is 11.8. The minimum absolute atomic E-state index is 0.534. The molecule has 19 heavy (non-hydrogen) atoms. The van der Waals surface area contributed by atoms with E-state index in [1.807, 2.05) is 24.5 Å². The van der Waals surface area contributed by atoms with Gasteiger partial charge in [-0.1, -0.05) is 31.2 Å². The number of nitrogens with zero attached hydrogens (tertiary/aromatic N) is 1. The molecule has 0 fully saturated rings. The van der Waals surface area contributed by atoms with E-state index in [9.17, 15) is 0 Å². The van der Waals surface area contributed by atoms with Crippen LogP contribution in [0, 0.1) is 0 Å². The van der Waals surface area contributed by atoms with E-state index >= 15 is 0 Å². The van der Waals surface area contributed by atoms with Gasteiger partial charge in [-0.3, -0.25) is 4.98 Å². The van der Waals surface area contributed by atoms with Crippen molar-refractivity contribution in [3.63, 3.8) is 0 Å². The number of hydrogen-bond acceptors (Lipinski definition) is 2. The Labute approximate surface area is 115 Å². The molecule has 0 spiro atoms. The zero-order valence-electron chi connectivity index (χ0n) is 11.8. The maximum atomic E-state index is 4.05. The fourth-order valence-corrected chi connectivity index (χ4v) is 2.19. The molecule has 0 saturated heterocycles. The quantitative estimate of drug-likeness (QED) is 0.850. The second-order valence-electron chi connectivity index (χ2n) is 4.99. The molecule has 1 aromatic heterocycles. The highest BCUT2D eigenvalue weighted by atomic mass is 14.9. The number of rotatable bonds is 6. The third kappa shape index (κ3) is 4.18. The van der Waals surface area contributed by atoms with Crippen molar-refractivity contribution >= 4 is 0 Å². The Bertz CT molecular complexity index is 476. The molecule has 0 amide bonds. The summed E-state index contributed by atoms with van der Waals surface area (Å²) < 4.78 is 0. The topological polar surface area (TPSA) is 24.9 Å². The summed E-state index contributed by atoms with van der Waals surface area (Å²) in [6, 6.07) is 13.4. The lowest BCUT2D eigenvalue weighted by Gasteiger charge is -2.13. The van der Waals surface area contributed by atoms with Crippen LogP contribution in [0.4, 0.5) is 0 Å². The van der Waals surface area contributed by atoms with Gasteiger partial charge in [0.2, 0.25) is 0 Å². The molecule has 0 saturated carbocycles. The molecule has 2 aromatic rings. The van der Waals surface area contributed by atoms with E-state index in [-0.39, 0.29) is 0 Å². The van der Waals surface area contributed by atoms with Gasteiger partial charge in [-0.2, -0.15) is 0 Å². The van der Waals surface area contributed by atoms with Crippen LogP contribution in [0.15, 0.2) is 48.8 Å². The van der Waals surface area contributed by atoms with Crippen LogP contribution in [0.3, 0.4) is 0 Å². The van der Waals surface area contributed by atoms with Crippen molar-refractivity contribution in [3.8, 4) is 11.1 Å². The molecule has 2 nitrogen and oxygen atoms in total. The molecule has 1 aromatic carbocycles. The molecule has 0 bridgehead atoms. The van der Waals surface area contributed by atoms with Gasteiger partial charge in [-0.15, -0.1) is 0 Å². The monoisotopic (exact) mass is 254 g/mol. The summed E-state index contributed by atoms with van der Waals surface area (Å²) in [6.45, 7) is 5.53. The lowest BCUT2D eigenvalue weighted by molar-refractivity contribution is 0.543. The van der Waals surface area contributed by atoms with Gasteiger partial charge in [-0.25, -0.2) is 0 Å². The Morgan fingerprint density at radius 2 is 1.63 bits per heavy atom. The summed E-state index contributed by atoms with van der Waals surface area (Å²) in [5.74, 6) is 0. The fraction of sp³-hybridized carbons (Fsp3) is 0.353. The number of benzene rings is 1. The van der Waals surface area contributed by atoms with Gasteiger partial charge in [0, 0.05) is 18.4 Å². The first-order valence-corrected chi connectivity index (χ1v) is 7.02. The minimum atomic E-state index is 0.534. The van der Waals surface area contributed by atoms with Gasteiger partial charge in [0.15, 0.2) is 0 Å². The van der Waals surface area contributed by atoms with Crippen molar-refractivity contribution in [3.05, 3.63) is 54.4 Å². The first-order chi connectivity index (χ1) is 9.29. The average Bonchev–Trinajstić information content (AvgIpc) is 2.47. The molecule has 0 aliphatic rings. The van der Waals surface area contributed by atoms with E-state index in [0.717, 1.165) is 13.0 Å². The van der Waals surface area contributed by atoms with Crippen molar-refractivity contribution in [2.75, 3.05) is 6.54 Å². The normalized spacial score (nSPS) is 12.3. The van der Waals surface area contributed by atoms with Crippen LogP contribution in [-0.4, -0.2) is 17.6 Å². The van der Waals surface area contributed by atoms with Crippen LogP contribution < -0.4 is 5.32 Å². The molecular weight excluding hydrogens is 232 g/mol. The van der Waals surface area contributed by atoms with E-state index in [1.165, 1.54) is 23.1 Å². The summed E-state index contributed by atoms with van der Waals surface area (Å²) in [6.07, 6.45) is 5.93. The Hall–Kier alpha value is -1.67. The number of hydrogen-bond donors (Lipinski definition) is 1. The van der Waals surface area contributed by atoms with E-state index < -0.39 is 0 Å². The third-order valence-corrected chi connectivity index (χ3v) is 3.25. The largest absolute Gasteiger partial charge is 0.314 e. The second-order valence-corrected chi connectivity index (χ2v) is 4.99. The lowest BCUT2D eigenvalue weighted by atomic mass is 10.0. The first-order valence-electron chi connectivity index (χ1n) is 7.02.